The Hall–Kier alpha value is -3.55. The van der Waals surface area contributed by atoms with Gasteiger partial charge < -0.3 is 19.5 Å². The fourth-order valence-corrected chi connectivity index (χ4v) is 4.61. The molecule has 0 aliphatic rings. The van der Waals surface area contributed by atoms with Gasteiger partial charge in [-0.05, 0) is 42.5 Å². The second-order valence-corrected chi connectivity index (χ2v) is 11.2. The molecule has 2 heterocycles. The number of aromatic nitrogens is 3. The molecule has 0 spiro atoms. The van der Waals surface area contributed by atoms with E-state index < -0.39 is 33.2 Å². The maximum atomic E-state index is 13.0. The Morgan fingerprint density at radius 1 is 1.15 bits per heavy atom. The molecule has 0 bridgehead atoms. The minimum absolute atomic E-state index is 0. The third-order valence-corrected chi connectivity index (χ3v) is 6.69. The highest BCUT2D eigenvalue weighted by atomic mass is 35.5. The number of carbonyl (C=O) groups excluding carboxylic acids is 1. The van der Waals surface area contributed by atoms with Gasteiger partial charge in [0.05, 0.1) is 16.1 Å². The second-order valence-electron chi connectivity index (χ2n) is 8.66. The van der Waals surface area contributed by atoms with Gasteiger partial charge in [-0.3, -0.25) is 4.79 Å². The van der Waals surface area contributed by atoms with E-state index in [9.17, 15) is 26.4 Å². The van der Waals surface area contributed by atoms with Gasteiger partial charge in [0.15, 0.2) is 15.7 Å². The Kier molecular flexibility index (Phi) is 9.54. The number of hydrogen-bond donors (Lipinski definition) is 1. The zero-order chi connectivity index (χ0) is 28.4. The van der Waals surface area contributed by atoms with Crippen LogP contribution in [0, 0.1) is 0 Å². The molecular weight excluding hydrogens is 594 g/mol. The quantitative estimate of drug-likeness (QED) is 0.273. The molecule has 4 rings (SSSR count). The highest BCUT2D eigenvalue weighted by molar-refractivity contribution is 7.91. The summed E-state index contributed by atoms with van der Waals surface area (Å²) in [5.74, 6) is -0.495. The standard InChI is InChI=1S/C25H23ClF3N5O4S.ClH/c1-33(17-6-7-21(19(26)13-17)38-18-5-3-4-16(12-18)25(27,28)29)24-23-20(31-15-32-24)8-10-34(23)11-9-30-22(35)14-39(2,36)37;/h3-8,10,12-13,15H,9,11,14H2,1-2H3,(H,30,35);1H. The van der Waals surface area contributed by atoms with Gasteiger partial charge in [-0.1, -0.05) is 17.7 Å². The molecule has 1 N–H and O–H groups in total. The molecule has 0 aliphatic carbocycles. The Bertz CT molecular complexity index is 1630. The average molecular weight is 618 g/mol. The smallest absolute Gasteiger partial charge is 0.416 e. The van der Waals surface area contributed by atoms with Crippen molar-refractivity contribution in [2.75, 3.05) is 30.5 Å². The zero-order valence-corrected chi connectivity index (χ0v) is 23.5. The summed E-state index contributed by atoms with van der Waals surface area (Å²) < 4.78 is 69.1. The van der Waals surface area contributed by atoms with Crippen LogP contribution in [-0.4, -0.2) is 54.5 Å². The monoisotopic (exact) mass is 617 g/mol. The Morgan fingerprint density at radius 3 is 2.58 bits per heavy atom. The number of ether oxygens (including phenoxy) is 1. The largest absolute Gasteiger partial charge is 0.456 e. The van der Waals surface area contributed by atoms with Gasteiger partial charge in [0.1, 0.15) is 29.1 Å². The van der Waals surface area contributed by atoms with E-state index in [-0.39, 0.29) is 35.5 Å². The number of hydrogen-bond acceptors (Lipinski definition) is 7. The second kappa shape index (κ2) is 12.3. The van der Waals surface area contributed by atoms with Crippen molar-refractivity contribution in [3.05, 3.63) is 71.6 Å². The fourth-order valence-electron chi connectivity index (χ4n) is 3.82. The van der Waals surface area contributed by atoms with Crippen LogP contribution in [0.5, 0.6) is 11.5 Å². The average Bonchev–Trinajstić information content (AvgIpc) is 3.27. The van der Waals surface area contributed by atoms with Gasteiger partial charge in [0, 0.05) is 38.3 Å². The number of amides is 1. The summed E-state index contributed by atoms with van der Waals surface area (Å²) in [4.78, 5) is 22.3. The first-order valence-electron chi connectivity index (χ1n) is 11.4. The summed E-state index contributed by atoms with van der Waals surface area (Å²) in [5.41, 5.74) is 1.09. The van der Waals surface area contributed by atoms with Crippen LogP contribution in [0.3, 0.4) is 0 Å². The molecule has 2 aromatic heterocycles. The van der Waals surface area contributed by atoms with E-state index in [1.54, 1.807) is 42.4 Å². The van der Waals surface area contributed by atoms with Crippen molar-refractivity contribution < 1.29 is 31.1 Å². The van der Waals surface area contributed by atoms with Gasteiger partial charge in [-0.2, -0.15) is 13.2 Å². The fraction of sp³-hybridized carbons (Fsp3) is 0.240. The molecule has 0 radical (unpaired) electrons. The highest BCUT2D eigenvalue weighted by Crippen LogP contribution is 2.37. The minimum atomic E-state index is -4.50. The molecule has 1 amide bonds. The molecule has 0 saturated carbocycles. The van der Waals surface area contributed by atoms with Crippen LogP contribution in [0.1, 0.15) is 5.56 Å². The number of anilines is 2. The molecule has 0 saturated heterocycles. The van der Waals surface area contributed by atoms with Gasteiger partial charge in [-0.25, -0.2) is 18.4 Å². The number of carbonyl (C=O) groups is 1. The number of nitrogens with one attached hydrogen (secondary N) is 1. The molecule has 0 unspecified atom stereocenters. The van der Waals surface area contributed by atoms with Crippen molar-refractivity contribution in [2.24, 2.45) is 0 Å². The summed E-state index contributed by atoms with van der Waals surface area (Å²) >= 11 is 6.42. The highest BCUT2D eigenvalue weighted by Gasteiger charge is 2.30. The van der Waals surface area contributed by atoms with E-state index in [0.29, 0.717) is 29.1 Å². The molecule has 2 aromatic carbocycles. The Morgan fingerprint density at radius 2 is 1.90 bits per heavy atom. The van der Waals surface area contributed by atoms with E-state index in [1.165, 1.54) is 18.5 Å². The first kappa shape index (κ1) is 31.0. The number of alkyl halides is 3. The Balaban J connectivity index is 0.00000441. The molecular formula is C25H24Cl2F3N5O4S. The third kappa shape index (κ3) is 7.55. The first-order chi connectivity index (χ1) is 18.3. The number of fused-ring (bicyclic) bond motifs is 1. The van der Waals surface area contributed by atoms with Gasteiger partial charge in [-0.15, -0.1) is 12.4 Å². The normalized spacial score (nSPS) is 11.7. The minimum Gasteiger partial charge on any atom is -0.456 e. The lowest BCUT2D eigenvalue weighted by molar-refractivity contribution is -0.137. The van der Waals surface area contributed by atoms with Gasteiger partial charge in [0.25, 0.3) is 0 Å². The predicted octanol–water partition coefficient (Wildman–Crippen LogP) is 5.25. The summed E-state index contributed by atoms with van der Waals surface area (Å²) in [6.45, 7) is 0.515. The van der Waals surface area contributed by atoms with Crippen molar-refractivity contribution in [1.82, 2.24) is 19.9 Å². The van der Waals surface area contributed by atoms with E-state index >= 15 is 0 Å². The molecule has 4 aromatic rings. The van der Waals surface area contributed by atoms with Crippen molar-refractivity contribution in [1.29, 1.82) is 0 Å². The summed E-state index contributed by atoms with van der Waals surface area (Å²) in [7, 11) is -1.68. The molecule has 15 heteroatoms. The molecule has 0 fully saturated rings. The van der Waals surface area contributed by atoms with Gasteiger partial charge >= 0.3 is 6.18 Å². The van der Waals surface area contributed by atoms with Crippen LogP contribution < -0.4 is 15.0 Å². The van der Waals surface area contributed by atoms with E-state index in [1.807, 2.05) is 4.57 Å². The maximum absolute atomic E-state index is 13.0. The number of rotatable bonds is 9. The summed E-state index contributed by atoms with van der Waals surface area (Å²) in [6, 6.07) is 11.1. The van der Waals surface area contributed by atoms with Crippen molar-refractivity contribution in [2.45, 2.75) is 12.7 Å². The summed E-state index contributed by atoms with van der Waals surface area (Å²) in [6.07, 6.45) is -0.336. The van der Waals surface area contributed by atoms with Crippen LogP contribution in [0.15, 0.2) is 61.1 Å². The van der Waals surface area contributed by atoms with Crippen LogP contribution in [0.4, 0.5) is 24.7 Å². The van der Waals surface area contributed by atoms with Crippen molar-refractivity contribution in [3.63, 3.8) is 0 Å². The van der Waals surface area contributed by atoms with Crippen LogP contribution in [0.2, 0.25) is 5.02 Å². The van der Waals surface area contributed by atoms with Crippen LogP contribution in [0.25, 0.3) is 11.0 Å². The lowest BCUT2D eigenvalue weighted by Crippen LogP contribution is -2.32. The molecule has 9 nitrogen and oxygen atoms in total. The number of nitrogens with zero attached hydrogens (tertiary/aromatic N) is 4. The van der Waals surface area contributed by atoms with Crippen molar-refractivity contribution >= 4 is 62.3 Å². The number of benzene rings is 2. The maximum Gasteiger partial charge on any atom is 0.416 e. The number of halogens is 5. The summed E-state index contributed by atoms with van der Waals surface area (Å²) in [5, 5.41) is 2.75. The van der Waals surface area contributed by atoms with E-state index in [0.717, 1.165) is 18.4 Å². The zero-order valence-electron chi connectivity index (χ0n) is 21.1. The topological polar surface area (TPSA) is 106 Å². The first-order valence-corrected chi connectivity index (χ1v) is 13.9. The van der Waals surface area contributed by atoms with Crippen LogP contribution in [-0.2, 0) is 27.4 Å². The third-order valence-electron chi connectivity index (χ3n) is 5.61. The molecule has 40 heavy (non-hydrogen) atoms. The Labute approximate surface area is 239 Å². The van der Waals surface area contributed by atoms with Crippen molar-refractivity contribution in [3.8, 4) is 11.5 Å². The van der Waals surface area contributed by atoms with Gasteiger partial charge in [0.2, 0.25) is 5.91 Å². The lowest BCUT2D eigenvalue weighted by atomic mass is 10.2. The van der Waals surface area contributed by atoms with E-state index in [4.69, 9.17) is 16.3 Å². The van der Waals surface area contributed by atoms with Crippen LogP contribution >= 0.6 is 24.0 Å². The molecule has 0 aliphatic heterocycles. The predicted molar refractivity (Wildman–Crippen MR) is 149 cm³/mol. The molecule has 214 valence electrons. The molecule has 0 atom stereocenters. The SMILES string of the molecule is CN(c1ccc(Oc2cccc(C(F)(F)F)c2)c(Cl)c1)c1ncnc2ccn(CCNC(=O)CS(C)(=O)=O)c12.Cl. The van der Waals surface area contributed by atoms with E-state index in [2.05, 4.69) is 15.3 Å². The number of sulfone groups is 1. The lowest BCUT2D eigenvalue weighted by Gasteiger charge is -2.21.